The Hall–Kier alpha value is -7.82. The first-order valence-corrected chi connectivity index (χ1v) is 28.9. The molecule has 9 aromatic carbocycles. The van der Waals surface area contributed by atoms with Crippen molar-refractivity contribution in [2.45, 2.75) is 143 Å². The van der Waals surface area contributed by atoms with Gasteiger partial charge in [0.25, 0.3) is 0 Å². The number of nitrogens with zero attached hydrogens (tertiary/aromatic N) is 2. The predicted octanol–water partition coefficient (Wildman–Crippen LogP) is 22.2. The summed E-state index contributed by atoms with van der Waals surface area (Å²) in [6.45, 7) is 37.1. The normalized spacial score (nSPS) is 14.7. The monoisotopic (exact) mass is 1050 g/mol. The Morgan fingerprint density at radius 2 is 0.600 bits per heavy atom. The second-order valence-electron chi connectivity index (χ2n) is 28.3. The van der Waals surface area contributed by atoms with Crippen molar-refractivity contribution < 1.29 is 8.83 Å². The van der Waals surface area contributed by atoms with Crippen molar-refractivity contribution in [1.82, 2.24) is 0 Å². The van der Waals surface area contributed by atoms with Crippen LogP contribution in [-0.4, -0.2) is 0 Å². The molecule has 0 radical (unpaired) electrons. The van der Waals surface area contributed by atoms with E-state index in [-0.39, 0.29) is 21.7 Å². The van der Waals surface area contributed by atoms with Crippen LogP contribution in [0.2, 0.25) is 0 Å². The Morgan fingerprint density at radius 1 is 0.325 bits per heavy atom. The van der Waals surface area contributed by atoms with E-state index in [0.717, 1.165) is 78.0 Å². The Bertz CT molecular complexity index is 3890. The van der Waals surface area contributed by atoms with Crippen LogP contribution in [0, 0.1) is 0 Å². The molecule has 0 saturated heterocycles. The number of para-hydroxylation sites is 2. The maximum Gasteiger partial charge on any atom is 0.145 e. The molecule has 0 atom stereocenters. The maximum absolute atomic E-state index is 7.29. The highest BCUT2D eigenvalue weighted by molar-refractivity contribution is 6.21. The molecule has 0 amide bonds. The van der Waals surface area contributed by atoms with Gasteiger partial charge in [-0.1, -0.05) is 196 Å². The molecular formula is C76H76N2O2. The van der Waals surface area contributed by atoms with Gasteiger partial charge in [0.15, 0.2) is 0 Å². The number of rotatable bonds is 6. The van der Waals surface area contributed by atoms with Crippen LogP contribution in [0.15, 0.2) is 179 Å². The lowest BCUT2D eigenvalue weighted by atomic mass is 9.79. The summed E-state index contributed by atoms with van der Waals surface area (Å²) in [6.07, 6.45) is 0. The molecule has 0 spiro atoms. The number of anilines is 6. The van der Waals surface area contributed by atoms with E-state index in [1.165, 1.54) is 66.8 Å². The van der Waals surface area contributed by atoms with E-state index < -0.39 is 10.8 Å². The van der Waals surface area contributed by atoms with E-state index in [0.29, 0.717) is 0 Å². The summed E-state index contributed by atoms with van der Waals surface area (Å²) < 4.78 is 14.6. The number of furan rings is 2. The van der Waals surface area contributed by atoms with Crippen molar-refractivity contribution in [3.8, 4) is 22.3 Å². The lowest BCUT2D eigenvalue weighted by Crippen LogP contribution is -2.18. The van der Waals surface area contributed by atoms with Crippen molar-refractivity contribution in [2.75, 3.05) is 9.80 Å². The molecule has 80 heavy (non-hydrogen) atoms. The summed E-state index contributed by atoms with van der Waals surface area (Å²) in [7, 11) is 0. The lowest BCUT2D eigenvalue weighted by molar-refractivity contribution is 0.590. The molecular weight excluding hydrogens is 973 g/mol. The van der Waals surface area contributed by atoms with Gasteiger partial charge in [-0.25, -0.2) is 0 Å². The fourth-order valence-electron chi connectivity index (χ4n) is 13.3. The van der Waals surface area contributed by atoms with Gasteiger partial charge in [-0.15, -0.1) is 0 Å². The van der Waals surface area contributed by atoms with Crippen LogP contribution < -0.4 is 9.80 Å². The highest BCUT2D eigenvalue weighted by atomic mass is 16.3. The van der Waals surface area contributed by atoms with Crippen molar-refractivity contribution >= 4 is 78.0 Å². The molecule has 0 bridgehead atoms. The third-order valence-corrected chi connectivity index (χ3v) is 18.1. The molecule has 0 fully saturated rings. The molecule has 2 heterocycles. The van der Waals surface area contributed by atoms with Crippen molar-refractivity contribution in [3.63, 3.8) is 0 Å². The second kappa shape index (κ2) is 17.3. The minimum Gasteiger partial charge on any atom is -0.455 e. The van der Waals surface area contributed by atoms with Crippen molar-refractivity contribution in [2.24, 2.45) is 0 Å². The predicted molar refractivity (Wildman–Crippen MR) is 340 cm³/mol. The summed E-state index contributed by atoms with van der Waals surface area (Å²) in [5, 5.41) is 4.44. The Kier molecular flexibility index (Phi) is 11.2. The van der Waals surface area contributed by atoms with E-state index in [1.54, 1.807) is 0 Å². The SMILES string of the molecule is CC(C)(C)c1ccc(N(c2ccc(C(C)(C)C)cc2)c2cc3c(c4oc5ccccc5c24)-c2cc4c(cc2C3(C)C)-c2c(cc(N(c3ccc(C(C)(C)C)cc3)c3ccc(C(C)(C)C)cc3)c3c2oc2ccccc23)C4(C)C)cc1. The van der Waals surface area contributed by atoms with Crippen LogP contribution in [0.25, 0.3) is 66.1 Å². The number of fused-ring (bicyclic) bond motifs is 14. The van der Waals surface area contributed by atoms with Gasteiger partial charge in [0.2, 0.25) is 0 Å². The zero-order valence-electron chi connectivity index (χ0n) is 49.9. The Morgan fingerprint density at radius 3 is 0.875 bits per heavy atom. The third kappa shape index (κ3) is 7.90. The number of hydrogen-bond donors (Lipinski definition) is 0. The van der Waals surface area contributed by atoms with Crippen LogP contribution in [0.3, 0.4) is 0 Å². The molecule has 2 aliphatic carbocycles. The average molecular weight is 1050 g/mol. The summed E-state index contributed by atoms with van der Waals surface area (Å²) in [5.41, 5.74) is 24.6. The molecule has 0 aliphatic heterocycles. The van der Waals surface area contributed by atoms with Crippen molar-refractivity contribution in [3.05, 3.63) is 214 Å². The number of hydrogen-bond acceptors (Lipinski definition) is 4. The molecule has 4 heteroatoms. The van der Waals surface area contributed by atoms with E-state index >= 15 is 0 Å². The van der Waals surface area contributed by atoms with E-state index in [4.69, 9.17) is 8.83 Å². The fourth-order valence-corrected chi connectivity index (χ4v) is 13.3. The largest absolute Gasteiger partial charge is 0.455 e. The average Bonchev–Trinajstić information content (AvgIpc) is 4.31. The van der Waals surface area contributed by atoms with Crippen LogP contribution in [-0.2, 0) is 32.5 Å². The Balaban J connectivity index is 1.05. The minimum absolute atomic E-state index is 0.0150. The van der Waals surface area contributed by atoms with Gasteiger partial charge in [0, 0.05) is 55.5 Å². The molecule has 402 valence electrons. The topological polar surface area (TPSA) is 32.8 Å². The first-order valence-electron chi connectivity index (χ1n) is 28.9. The lowest BCUT2D eigenvalue weighted by Gasteiger charge is -2.30. The molecule has 0 saturated carbocycles. The minimum atomic E-state index is -0.408. The van der Waals surface area contributed by atoms with Crippen LogP contribution in [0.5, 0.6) is 0 Å². The van der Waals surface area contributed by atoms with Gasteiger partial charge in [0.05, 0.1) is 22.1 Å². The second-order valence-corrected chi connectivity index (χ2v) is 28.3. The first-order chi connectivity index (χ1) is 37.7. The van der Waals surface area contributed by atoms with Gasteiger partial charge in [-0.05, 0) is 162 Å². The first kappa shape index (κ1) is 51.6. The summed E-state index contributed by atoms with van der Waals surface area (Å²) in [6, 6.07) is 64.2. The highest BCUT2D eigenvalue weighted by Crippen LogP contribution is 2.62. The highest BCUT2D eigenvalue weighted by Gasteiger charge is 2.46. The maximum atomic E-state index is 7.29. The zero-order chi connectivity index (χ0) is 56.4. The van der Waals surface area contributed by atoms with Gasteiger partial charge < -0.3 is 18.6 Å². The van der Waals surface area contributed by atoms with E-state index in [9.17, 15) is 0 Å². The fraction of sp³-hybridized carbons (Fsp3) is 0.289. The Labute approximate surface area is 474 Å². The van der Waals surface area contributed by atoms with Crippen LogP contribution in [0.1, 0.15) is 155 Å². The molecule has 0 unspecified atom stereocenters. The zero-order valence-corrected chi connectivity index (χ0v) is 49.9. The van der Waals surface area contributed by atoms with E-state index in [2.05, 4.69) is 290 Å². The van der Waals surface area contributed by atoms with Crippen molar-refractivity contribution in [1.29, 1.82) is 0 Å². The van der Waals surface area contributed by atoms with Gasteiger partial charge in [-0.2, -0.15) is 0 Å². The van der Waals surface area contributed by atoms with Crippen LogP contribution >= 0.6 is 0 Å². The molecule has 13 rings (SSSR count). The van der Waals surface area contributed by atoms with Gasteiger partial charge in [-0.3, -0.25) is 0 Å². The third-order valence-electron chi connectivity index (χ3n) is 18.1. The molecule has 11 aromatic rings. The summed E-state index contributed by atoms with van der Waals surface area (Å²) in [4.78, 5) is 4.94. The molecule has 0 N–H and O–H groups in total. The summed E-state index contributed by atoms with van der Waals surface area (Å²) in [5.74, 6) is 0. The smallest absolute Gasteiger partial charge is 0.145 e. The van der Waals surface area contributed by atoms with E-state index in [1.807, 2.05) is 0 Å². The quantitative estimate of drug-likeness (QED) is 0.166. The summed E-state index contributed by atoms with van der Waals surface area (Å²) >= 11 is 0. The van der Waals surface area contributed by atoms with Gasteiger partial charge >= 0.3 is 0 Å². The standard InChI is InChI=1S/C76H76N2O2/c1-71(2,3)45-25-33-49(34-26-45)77(50-35-27-46(28-36-50)72(4,5)6)61-43-59-65(69-67(61)53-21-17-19-23-63(53)79-69)55-41-58-56(42-57(55)75(59,13)14)66-60(76(58,15)16)44-62(68-54-22-18-20-24-64(54)80-70(66)68)78(51-37-29-47(30-38-51)73(7,8)9)52-39-31-48(32-40-52)74(10,11)12/h17-44H,1-16H3. The van der Waals surface area contributed by atoms with Crippen LogP contribution in [0.4, 0.5) is 34.1 Å². The molecule has 2 aromatic heterocycles. The van der Waals surface area contributed by atoms with Gasteiger partial charge in [0.1, 0.15) is 22.3 Å². The molecule has 2 aliphatic rings. The molecule has 4 nitrogen and oxygen atoms in total. The number of benzene rings is 9.